The number of piperidine rings is 2. The Morgan fingerprint density at radius 3 is 2.61 bits per heavy atom. The summed E-state index contributed by atoms with van der Waals surface area (Å²) < 4.78 is 0. The number of hydrogen-bond acceptors (Lipinski definition) is 3. The van der Waals surface area contributed by atoms with Gasteiger partial charge in [-0.3, -0.25) is 9.69 Å². The number of likely N-dealkylation sites (tertiary alicyclic amines) is 2. The van der Waals surface area contributed by atoms with Crippen molar-refractivity contribution in [2.75, 3.05) is 32.7 Å². The van der Waals surface area contributed by atoms with Gasteiger partial charge in [-0.1, -0.05) is 13.3 Å². The lowest BCUT2D eigenvalue weighted by molar-refractivity contribution is -0.134. The van der Waals surface area contributed by atoms with Gasteiger partial charge in [0.25, 0.3) is 0 Å². The maximum atomic E-state index is 12.3. The molecule has 4 heteroatoms. The summed E-state index contributed by atoms with van der Waals surface area (Å²) in [4.78, 5) is 16.6. The standard InChI is InChI=1S/C14H27N3O/c1-2-12-4-3-7-17(10-12)14(18)11-16-8-5-13(15)6-9-16/h12-13H,2-11,15H2,1H3. The summed E-state index contributed by atoms with van der Waals surface area (Å²) in [7, 11) is 0. The Morgan fingerprint density at radius 2 is 1.94 bits per heavy atom. The first-order valence-electron chi connectivity index (χ1n) is 7.44. The molecular weight excluding hydrogens is 226 g/mol. The Morgan fingerprint density at radius 1 is 1.22 bits per heavy atom. The predicted octanol–water partition coefficient (Wildman–Crippen LogP) is 1.06. The second-order valence-electron chi connectivity index (χ2n) is 5.87. The molecule has 1 unspecified atom stereocenters. The van der Waals surface area contributed by atoms with E-state index in [1.165, 1.54) is 19.3 Å². The summed E-state index contributed by atoms with van der Waals surface area (Å²) in [5.74, 6) is 1.04. The van der Waals surface area contributed by atoms with Crippen LogP contribution in [-0.2, 0) is 4.79 Å². The second-order valence-corrected chi connectivity index (χ2v) is 5.87. The fourth-order valence-electron chi connectivity index (χ4n) is 3.03. The van der Waals surface area contributed by atoms with Gasteiger partial charge in [0.1, 0.15) is 0 Å². The lowest BCUT2D eigenvalue weighted by Gasteiger charge is -2.35. The minimum absolute atomic E-state index is 0.323. The van der Waals surface area contributed by atoms with E-state index in [9.17, 15) is 4.79 Å². The van der Waals surface area contributed by atoms with Gasteiger partial charge >= 0.3 is 0 Å². The molecule has 2 saturated heterocycles. The molecule has 0 saturated carbocycles. The highest BCUT2D eigenvalue weighted by Crippen LogP contribution is 2.19. The number of carbonyl (C=O) groups is 1. The molecule has 2 N–H and O–H groups in total. The van der Waals surface area contributed by atoms with E-state index in [1.807, 2.05) is 0 Å². The number of nitrogens with zero attached hydrogens (tertiary/aromatic N) is 2. The van der Waals surface area contributed by atoms with Crippen LogP contribution in [0.1, 0.15) is 39.0 Å². The quantitative estimate of drug-likeness (QED) is 0.818. The first-order valence-corrected chi connectivity index (χ1v) is 7.44. The van der Waals surface area contributed by atoms with Gasteiger partial charge in [-0.25, -0.2) is 0 Å². The van der Waals surface area contributed by atoms with E-state index in [1.54, 1.807) is 0 Å². The van der Waals surface area contributed by atoms with Gasteiger partial charge in [0.2, 0.25) is 5.91 Å². The molecule has 2 fully saturated rings. The molecular formula is C14H27N3O. The van der Waals surface area contributed by atoms with Gasteiger partial charge < -0.3 is 10.6 Å². The minimum Gasteiger partial charge on any atom is -0.341 e. The minimum atomic E-state index is 0.323. The van der Waals surface area contributed by atoms with Gasteiger partial charge in [0, 0.05) is 32.2 Å². The fraction of sp³-hybridized carbons (Fsp3) is 0.929. The van der Waals surface area contributed by atoms with Crippen molar-refractivity contribution in [1.82, 2.24) is 9.80 Å². The van der Waals surface area contributed by atoms with Crippen LogP contribution in [0, 0.1) is 5.92 Å². The summed E-state index contributed by atoms with van der Waals surface area (Å²) in [5, 5.41) is 0. The molecule has 2 aliphatic rings. The third kappa shape index (κ3) is 3.69. The average molecular weight is 253 g/mol. The highest BCUT2D eigenvalue weighted by Gasteiger charge is 2.25. The van der Waals surface area contributed by atoms with Crippen LogP contribution in [0.2, 0.25) is 0 Å². The van der Waals surface area contributed by atoms with Crippen LogP contribution in [0.5, 0.6) is 0 Å². The van der Waals surface area contributed by atoms with Crippen molar-refractivity contribution in [2.45, 2.75) is 45.1 Å². The lowest BCUT2D eigenvalue weighted by atomic mass is 9.95. The molecule has 4 nitrogen and oxygen atoms in total. The molecule has 1 amide bonds. The summed E-state index contributed by atoms with van der Waals surface area (Å²) in [6.07, 6.45) is 5.73. The zero-order valence-electron chi connectivity index (χ0n) is 11.6. The van der Waals surface area contributed by atoms with Crippen molar-refractivity contribution < 1.29 is 4.79 Å². The maximum absolute atomic E-state index is 12.3. The van der Waals surface area contributed by atoms with E-state index >= 15 is 0 Å². The second kappa shape index (κ2) is 6.53. The molecule has 0 bridgehead atoms. The van der Waals surface area contributed by atoms with E-state index < -0.39 is 0 Å². The third-order valence-electron chi connectivity index (χ3n) is 4.44. The zero-order valence-corrected chi connectivity index (χ0v) is 11.6. The molecule has 18 heavy (non-hydrogen) atoms. The maximum Gasteiger partial charge on any atom is 0.236 e. The molecule has 2 aliphatic heterocycles. The molecule has 0 aromatic rings. The molecule has 0 radical (unpaired) electrons. The smallest absolute Gasteiger partial charge is 0.236 e. The monoisotopic (exact) mass is 253 g/mol. The van der Waals surface area contributed by atoms with Crippen LogP contribution in [0.15, 0.2) is 0 Å². The molecule has 104 valence electrons. The number of hydrogen-bond donors (Lipinski definition) is 1. The Hall–Kier alpha value is -0.610. The van der Waals surface area contributed by atoms with Crippen molar-refractivity contribution in [3.63, 3.8) is 0 Å². The van der Waals surface area contributed by atoms with Crippen molar-refractivity contribution in [1.29, 1.82) is 0 Å². The molecule has 0 spiro atoms. The Kier molecular flexibility index (Phi) is 5.01. The fourth-order valence-corrected chi connectivity index (χ4v) is 3.03. The van der Waals surface area contributed by atoms with Gasteiger partial charge in [-0.05, 0) is 31.6 Å². The molecule has 0 aromatic carbocycles. The Bertz CT molecular complexity index is 274. The van der Waals surface area contributed by atoms with E-state index in [4.69, 9.17) is 5.73 Å². The van der Waals surface area contributed by atoms with Gasteiger partial charge in [-0.15, -0.1) is 0 Å². The van der Waals surface area contributed by atoms with E-state index in [0.29, 0.717) is 18.5 Å². The van der Waals surface area contributed by atoms with Crippen LogP contribution < -0.4 is 5.73 Å². The Balaban J connectivity index is 1.77. The summed E-state index contributed by atoms with van der Waals surface area (Å²) in [5.41, 5.74) is 5.88. The SMILES string of the molecule is CCC1CCCN(C(=O)CN2CCC(N)CC2)C1. The van der Waals surface area contributed by atoms with Crippen LogP contribution in [0.3, 0.4) is 0 Å². The topological polar surface area (TPSA) is 49.6 Å². The first-order chi connectivity index (χ1) is 8.69. The van der Waals surface area contributed by atoms with Crippen LogP contribution in [-0.4, -0.2) is 54.5 Å². The lowest BCUT2D eigenvalue weighted by Crippen LogP contribution is -2.48. The van der Waals surface area contributed by atoms with Gasteiger partial charge in [-0.2, -0.15) is 0 Å². The number of nitrogens with two attached hydrogens (primary N) is 1. The number of carbonyl (C=O) groups excluding carboxylic acids is 1. The van der Waals surface area contributed by atoms with Gasteiger partial charge in [0.05, 0.1) is 6.54 Å². The number of amides is 1. The van der Waals surface area contributed by atoms with Crippen LogP contribution in [0.4, 0.5) is 0 Å². The molecule has 1 atom stereocenters. The van der Waals surface area contributed by atoms with E-state index in [0.717, 1.165) is 44.9 Å². The zero-order chi connectivity index (χ0) is 13.0. The molecule has 0 aliphatic carbocycles. The van der Waals surface area contributed by atoms with Crippen molar-refractivity contribution in [2.24, 2.45) is 11.7 Å². The summed E-state index contributed by atoms with van der Waals surface area (Å²) in [6, 6.07) is 0.343. The molecule has 2 rings (SSSR count). The van der Waals surface area contributed by atoms with E-state index in [-0.39, 0.29) is 0 Å². The Labute approximate surface area is 110 Å². The van der Waals surface area contributed by atoms with Crippen LogP contribution in [0.25, 0.3) is 0 Å². The normalized spacial score (nSPS) is 27.4. The van der Waals surface area contributed by atoms with E-state index in [2.05, 4.69) is 16.7 Å². The number of rotatable bonds is 3. The van der Waals surface area contributed by atoms with Crippen LogP contribution >= 0.6 is 0 Å². The summed E-state index contributed by atoms with van der Waals surface area (Å²) in [6.45, 7) is 6.73. The third-order valence-corrected chi connectivity index (χ3v) is 4.44. The molecule has 0 aromatic heterocycles. The van der Waals surface area contributed by atoms with Gasteiger partial charge in [0.15, 0.2) is 0 Å². The van der Waals surface area contributed by atoms with Crippen molar-refractivity contribution >= 4 is 5.91 Å². The first kappa shape index (κ1) is 13.8. The molecule has 2 heterocycles. The summed E-state index contributed by atoms with van der Waals surface area (Å²) >= 11 is 0. The average Bonchev–Trinajstić information content (AvgIpc) is 2.41. The van der Waals surface area contributed by atoms with Crippen molar-refractivity contribution in [3.05, 3.63) is 0 Å². The highest BCUT2D eigenvalue weighted by atomic mass is 16.2. The predicted molar refractivity (Wildman–Crippen MR) is 73.2 cm³/mol. The van der Waals surface area contributed by atoms with Crippen molar-refractivity contribution in [3.8, 4) is 0 Å². The largest absolute Gasteiger partial charge is 0.341 e. The highest BCUT2D eigenvalue weighted by molar-refractivity contribution is 5.78.